The summed E-state index contributed by atoms with van der Waals surface area (Å²) in [6, 6.07) is 8.12. The largest absolute Gasteiger partial charge is 0.508 e. The van der Waals surface area contributed by atoms with Gasteiger partial charge < -0.3 is 19.7 Å². The standard InChI is InChI=1S/C25H26O5/c1-15(2)5-4-11-25(3)12-10-18-22(30-25)14-20(28)23-19(27)13-21(29-24(18)23)16-6-8-17(26)9-7-16/h5-10,12,14,21,26,28H,4,11,13H2,1-3H3/t21-,25+/m0/s1. The van der Waals surface area contributed by atoms with E-state index in [0.717, 1.165) is 18.4 Å². The second-order valence-corrected chi connectivity index (χ2v) is 8.41. The Kier molecular flexibility index (Phi) is 5.06. The normalized spacial score (nSPS) is 21.8. The minimum Gasteiger partial charge on any atom is -0.508 e. The molecular formula is C25H26O5. The number of fused-ring (bicyclic) bond motifs is 3. The fourth-order valence-corrected chi connectivity index (χ4v) is 3.93. The third kappa shape index (κ3) is 3.80. The summed E-state index contributed by atoms with van der Waals surface area (Å²) in [6.45, 7) is 6.14. The summed E-state index contributed by atoms with van der Waals surface area (Å²) in [5.74, 6) is 0.703. The lowest BCUT2D eigenvalue weighted by Gasteiger charge is -2.34. The van der Waals surface area contributed by atoms with Crippen molar-refractivity contribution in [3.8, 4) is 23.0 Å². The number of rotatable bonds is 4. The molecule has 2 aromatic rings. The monoisotopic (exact) mass is 406 g/mol. The number of aromatic hydroxyl groups is 2. The van der Waals surface area contributed by atoms with E-state index in [4.69, 9.17) is 9.47 Å². The van der Waals surface area contributed by atoms with Crippen LogP contribution in [0.25, 0.3) is 6.08 Å². The van der Waals surface area contributed by atoms with Crippen molar-refractivity contribution < 1.29 is 24.5 Å². The highest BCUT2D eigenvalue weighted by molar-refractivity contribution is 6.04. The van der Waals surface area contributed by atoms with E-state index in [2.05, 4.69) is 19.9 Å². The van der Waals surface area contributed by atoms with E-state index in [0.29, 0.717) is 17.1 Å². The van der Waals surface area contributed by atoms with Crippen LogP contribution in [0.15, 0.2) is 48.1 Å². The zero-order valence-electron chi connectivity index (χ0n) is 17.4. The maximum atomic E-state index is 12.8. The molecule has 2 N–H and O–H groups in total. The molecule has 2 aromatic carbocycles. The third-order valence-corrected chi connectivity index (χ3v) is 5.57. The molecule has 5 nitrogen and oxygen atoms in total. The molecule has 5 heteroatoms. The minimum absolute atomic E-state index is 0.120. The number of Topliss-reactive ketones (excluding diaryl/α,β-unsaturated/α-hetero) is 1. The molecule has 0 unspecified atom stereocenters. The lowest BCUT2D eigenvalue weighted by atomic mass is 9.90. The number of carbonyl (C=O) groups is 1. The zero-order chi connectivity index (χ0) is 21.5. The van der Waals surface area contributed by atoms with E-state index in [1.54, 1.807) is 24.3 Å². The van der Waals surface area contributed by atoms with Crippen LogP contribution in [0.1, 0.15) is 67.6 Å². The molecule has 2 aliphatic rings. The molecule has 2 heterocycles. The van der Waals surface area contributed by atoms with Gasteiger partial charge in [0.1, 0.15) is 40.3 Å². The van der Waals surface area contributed by atoms with Gasteiger partial charge in [0.2, 0.25) is 0 Å². The number of hydrogen-bond acceptors (Lipinski definition) is 5. The predicted octanol–water partition coefficient (Wildman–Crippen LogP) is 5.72. The number of benzene rings is 2. The van der Waals surface area contributed by atoms with Gasteiger partial charge >= 0.3 is 0 Å². The lowest BCUT2D eigenvalue weighted by Crippen LogP contribution is -2.32. The molecule has 2 aliphatic heterocycles. The van der Waals surface area contributed by atoms with Gasteiger partial charge in [-0.2, -0.15) is 0 Å². The Balaban J connectivity index is 1.68. The van der Waals surface area contributed by atoms with Crippen molar-refractivity contribution in [2.45, 2.75) is 51.7 Å². The number of phenolic OH excluding ortho intramolecular Hbond substituents is 2. The molecular weight excluding hydrogens is 380 g/mol. The smallest absolute Gasteiger partial charge is 0.174 e. The molecule has 30 heavy (non-hydrogen) atoms. The van der Waals surface area contributed by atoms with Gasteiger partial charge in [-0.25, -0.2) is 0 Å². The maximum absolute atomic E-state index is 12.8. The molecule has 0 saturated carbocycles. The molecule has 0 aromatic heterocycles. The van der Waals surface area contributed by atoms with Crippen molar-refractivity contribution in [1.29, 1.82) is 0 Å². The van der Waals surface area contributed by atoms with Crippen molar-refractivity contribution in [2.75, 3.05) is 0 Å². The molecule has 2 atom stereocenters. The summed E-state index contributed by atoms with van der Waals surface area (Å²) in [7, 11) is 0. The Hall–Kier alpha value is -3.21. The van der Waals surface area contributed by atoms with Crippen molar-refractivity contribution >= 4 is 11.9 Å². The van der Waals surface area contributed by atoms with Gasteiger partial charge in [-0.1, -0.05) is 23.8 Å². The van der Waals surface area contributed by atoms with E-state index >= 15 is 0 Å². The Morgan fingerprint density at radius 1 is 1.23 bits per heavy atom. The van der Waals surface area contributed by atoms with Crippen LogP contribution < -0.4 is 9.47 Å². The maximum Gasteiger partial charge on any atom is 0.174 e. The summed E-state index contributed by atoms with van der Waals surface area (Å²) in [4.78, 5) is 12.8. The molecule has 0 aliphatic carbocycles. The molecule has 0 radical (unpaired) electrons. The van der Waals surface area contributed by atoms with Crippen LogP contribution in [-0.2, 0) is 0 Å². The highest BCUT2D eigenvalue weighted by atomic mass is 16.5. The summed E-state index contributed by atoms with van der Waals surface area (Å²) >= 11 is 0. The minimum atomic E-state index is -0.505. The van der Waals surface area contributed by atoms with Gasteiger partial charge in [0, 0.05) is 6.07 Å². The van der Waals surface area contributed by atoms with Gasteiger partial charge in [-0.05, 0) is 63.5 Å². The Morgan fingerprint density at radius 2 is 1.97 bits per heavy atom. The van der Waals surface area contributed by atoms with E-state index in [1.165, 1.54) is 11.6 Å². The first-order valence-electron chi connectivity index (χ1n) is 10.2. The van der Waals surface area contributed by atoms with Crippen LogP contribution in [0.4, 0.5) is 0 Å². The lowest BCUT2D eigenvalue weighted by molar-refractivity contribution is 0.0839. The van der Waals surface area contributed by atoms with Crippen LogP contribution in [0.2, 0.25) is 0 Å². The Labute approximate surface area is 176 Å². The Bertz CT molecular complexity index is 1040. The van der Waals surface area contributed by atoms with Crippen LogP contribution >= 0.6 is 0 Å². The quantitative estimate of drug-likeness (QED) is 0.636. The summed E-state index contributed by atoms with van der Waals surface area (Å²) in [5, 5.41) is 20.1. The molecule has 156 valence electrons. The molecule has 4 rings (SSSR count). The molecule has 0 bridgehead atoms. The Morgan fingerprint density at radius 3 is 2.67 bits per heavy atom. The molecule has 0 saturated heterocycles. The van der Waals surface area contributed by atoms with Crippen molar-refractivity contribution in [2.24, 2.45) is 0 Å². The average molecular weight is 406 g/mol. The van der Waals surface area contributed by atoms with Gasteiger partial charge in [0.05, 0.1) is 12.0 Å². The fraction of sp³-hybridized carbons (Fsp3) is 0.320. The number of ketones is 1. The zero-order valence-corrected chi connectivity index (χ0v) is 17.4. The van der Waals surface area contributed by atoms with Gasteiger partial charge in [0.25, 0.3) is 0 Å². The third-order valence-electron chi connectivity index (χ3n) is 5.57. The van der Waals surface area contributed by atoms with E-state index in [-0.39, 0.29) is 29.3 Å². The van der Waals surface area contributed by atoms with Crippen LogP contribution in [0, 0.1) is 0 Å². The summed E-state index contributed by atoms with van der Waals surface area (Å²) in [6.07, 6.45) is 7.39. The van der Waals surface area contributed by atoms with Crippen molar-refractivity contribution in [3.05, 3.63) is 64.7 Å². The molecule has 0 spiro atoms. The number of carbonyl (C=O) groups excluding carboxylic acids is 1. The molecule has 0 fully saturated rings. The van der Waals surface area contributed by atoms with Gasteiger partial charge in [-0.3, -0.25) is 4.79 Å². The highest BCUT2D eigenvalue weighted by Gasteiger charge is 2.36. The van der Waals surface area contributed by atoms with Crippen LogP contribution in [0.3, 0.4) is 0 Å². The van der Waals surface area contributed by atoms with Crippen LogP contribution in [-0.4, -0.2) is 21.6 Å². The van der Waals surface area contributed by atoms with Crippen LogP contribution in [0.5, 0.6) is 23.0 Å². The van der Waals surface area contributed by atoms with E-state index < -0.39 is 11.7 Å². The second-order valence-electron chi connectivity index (χ2n) is 8.41. The first-order valence-corrected chi connectivity index (χ1v) is 10.2. The van der Waals surface area contributed by atoms with Gasteiger partial charge in [0.15, 0.2) is 5.78 Å². The highest BCUT2D eigenvalue weighted by Crippen LogP contribution is 2.48. The fourth-order valence-electron chi connectivity index (χ4n) is 3.93. The summed E-state index contributed by atoms with van der Waals surface area (Å²) in [5.41, 5.74) is 2.41. The van der Waals surface area contributed by atoms with Crippen molar-refractivity contribution in [3.63, 3.8) is 0 Å². The first-order chi connectivity index (χ1) is 14.3. The van der Waals surface area contributed by atoms with E-state index in [1.807, 2.05) is 19.1 Å². The SMILES string of the molecule is CC(C)=CCC[C@]1(C)C=Cc2c(cc(O)c3c2O[C@H](c2ccc(O)cc2)CC3=O)O1. The predicted molar refractivity (Wildman–Crippen MR) is 115 cm³/mol. The molecule has 0 amide bonds. The van der Waals surface area contributed by atoms with Crippen molar-refractivity contribution in [1.82, 2.24) is 0 Å². The topological polar surface area (TPSA) is 76.0 Å². The average Bonchev–Trinajstić information content (AvgIpc) is 2.67. The number of ether oxygens (including phenoxy) is 2. The van der Waals surface area contributed by atoms with E-state index in [9.17, 15) is 15.0 Å². The number of phenols is 2. The summed E-state index contributed by atoms with van der Waals surface area (Å²) < 4.78 is 12.4. The first kappa shape index (κ1) is 20.1. The number of allylic oxidation sites excluding steroid dienone is 2. The van der Waals surface area contributed by atoms with Gasteiger partial charge in [-0.15, -0.1) is 0 Å². The second kappa shape index (κ2) is 7.56. The number of hydrogen-bond donors (Lipinski definition) is 2.